The van der Waals surface area contributed by atoms with Gasteiger partial charge in [-0.3, -0.25) is 14.4 Å². The fourth-order valence-electron chi connectivity index (χ4n) is 2.97. The fourth-order valence-corrected chi connectivity index (χ4v) is 2.97. The van der Waals surface area contributed by atoms with Gasteiger partial charge in [-0.25, -0.2) is 0 Å². The molecule has 152 valence electrons. The highest BCUT2D eigenvalue weighted by Gasteiger charge is 2.25. The summed E-state index contributed by atoms with van der Waals surface area (Å²) in [7, 11) is 0. The number of esters is 1. The van der Waals surface area contributed by atoms with Crippen LogP contribution >= 0.6 is 0 Å². The van der Waals surface area contributed by atoms with Crippen LogP contribution in [0.5, 0.6) is 0 Å². The van der Waals surface area contributed by atoms with Gasteiger partial charge in [-0.1, -0.05) is 72.3 Å². The van der Waals surface area contributed by atoms with E-state index < -0.39 is 18.0 Å². The van der Waals surface area contributed by atoms with E-state index in [4.69, 9.17) is 4.74 Å². The van der Waals surface area contributed by atoms with E-state index in [-0.39, 0.29) is 12.2 Å². The first kappa shape index (κ1) is 21.0. The molecule has 0 bridgehead atoms. The maximum absolute atomic E-state index is 13.0. The molecule has 5 nitrogen and oxygen atoms in total. The summed E-state index contributed by atoms with van der Waals surface area (Å²) >= 11 is 0. The molecule has 1 amide bonds. The Morgan fingerprint density at radius 1 is 0.900 bits per heavy atom. The first-order chi connectivity index (χ1) is 14.4. The zero-order chi connectivity index (χ0) is 21.5. The molecule has 0 saturated carbocycles. The molecule has 5 heteroatoms. The van der Waals surface area contributed by atoms with Crippen molar-refractivity contribution in [3.8, 4) is 0 Å². The Bertz CT molecular complexity index is 1040. The van der Waals surface area contributed by atoms with Gasteiger partial charge in [0.2, 0.25) is 6.10 Å². The maximum atomic E-state index is 13.0. The topological polar surface area (TPSA) is 72.5 Å². The van der Waals surface area contributed by atoms with Crippen molar-refractivity contribution in [2.45, 2.75) is 26.4 Å². The van der Waals surface area contributed by atoms with Crippen LogP contribution in [0.2, 0.25) is 0 Å². The Balaban J connectivity index is 1.77. The highest BCUT2D eigenvalue weighted by Crippen LogP contribution is 2.22. The van der Waals surface area contributed by atoms with E-state index in [0.717, 1.165) is 11.1 Å². The second-order valence-electron chi connectivity index (χ2n) is 7.07. The standard InChI is InChI=1S/C25H23NO4/c1-17-11-13-19(14-12-17)15-23(28)30-24(20-7-4-3-5-8-20)25(29)26-22-10-6-9-21(16-22)18(2)27/h3-14,16,24H,15H2,1-2H3,(H,26,29)/t24-/m1/s1. The van der Waals surface area contributed by atoms with Crippen molar-refractivity contribution in [3.63, 3.8) is 0 Å². The first-order valence-corrected chi connectivity index (χ1v) is 9.64. The van der Waals surface area contributed by atoms with E-state index in [1.54, 1.807) is 48.5 Å². The third-order valence-electron chi connectivity index (χ3n) is 4.60. The summed E-state index contributed by atoms with van der Waals surface area (Å²) in [6, 6.07) is 23.0. The van der Waals surface area contributed by atoms with Crippen molar-refractivity contribution in [2.75, 3.05) is 5.32 Å². The molecule has 3 aromatic carbocycles. The minimum Gasteiger partial charge on any atom is -0.447 e. The molecule has 0 aliphatic carbocycles. The molecular weight excluding hydrogens is 378 g/mol. The molecule has 3 rings (SSSR count). The average Bonchev–Trinajstić information content (AvgIpc) is 2.74. The van der Waals surface area contributed by atoms with Gasteiger partial charge in [0.25, 0.3) is 5.91 Å². The van der Waals surface area contributed by atoms with Crippen LogP contribution in [0.15, 0.2) is 78.9 Å². The van der Waals surface area contributed by atoms with Gasteiger partial charge in [0.05, 0.1) is 6.42 Å². The number of aryl methyl sites for hydroxylation is 1. The molecule has 0 fully saturated rings. The number of hydrogen-bond acceptors (Lipinski definition) is 4. The molecule has 0 heterocycles. The fraction of sp³-hybridized carbons (Fsp3) is 0.160. The minimum atomic E-state index is -1.11. The zero-order valence-electron chi connectivity index (χ0n) is 16.9. The van der Waals surface area contributed by atoms with E-state index in [0.29, 0.717) is 16.8 Å². The molecule has 0 saturated heterocycles. The lowest BCUT2D eigenvalue weighted by atomic mass is 10.1. The number of benzene rings is 3. The molecule has 1 N–H and O–H groups in total. The summed E-state index contributed by atoms with van der Waals surface area (Å²) in [5, 5.41) is 2.74. The summed E-state index contributed by atoms with van der Waals surface area (Å²) in [4.78, 5) is 37.1. The molecular formula is C25H23NO4. The van der Waals surface area contributed by atoms with Crippen molar-refractivity contribution < 1.29 is 19.1 Å². The van der Waals surface area contributed by atoms with Crippen LogP contribution in [0.1, 0.15) is 40.1 Å². The zero-order valence-corrected chi connectivity index (χ0v) is 16.9. The number of anilines is 1. The number of Topliss-reactive ketones (excluding diaryl/α,β-unsaturated/α-hetero) is 1. The predicted molar refractivity (Wildman–Crippen MR) is 115 cm³/mol. The van der Waals surface area contributed by atoms with E-state index in [1.165, 1.54) is 6.92 Å². The first-order valence-electron chi connectivity index (χ1n) is 9.64. The third kappa shape index (κ3) is 5.64. The SMILES string of the molecule is CC(=O)c1cccc(NC(=O)[C@H](OC(=O)Cc2ccc(C)cc2)c2ccccc2)c1. The molecule has 30 heavy (non-hydrogen) atoms. The van der Waals surface area contributed by atoms with Gasteiger partial charge in [-0.2, -0.15) is 0 Å². The summed E-state index contributed by atoms with van der Waals surface area (Å²) in [6.45, 7) is 3.43. The molecule has 0 aliphatic heterocycles. The van der Waals surface area contributed by atoms with Crippen LogP contribution in [0.25, 0.3) is 0 Å². The number of carbonyl (C=O) groups excluding carboxylic acids is 3. The van der Waals surface area contributed by atoms with Crippen LogP contribution in [0, 0.1) is 6.92 Å². The number of amides is 1. The van der Waals surface area contributed by atoms with Crippen molar-refractivity contribution >= 4 is 23.3 Å². The minimum absolute atomic E-state index is 0.0662. The van der Waals surface area contributed by atoms with E-state index >= 15 is 0 Å². The van der Waals surface area contributed by atoms with Crippen LogP contribution < -0.4 is 5.32 Å². The number of rotatable bonds is 7. The van der Waals surface area contributed by atoms with Crippen molar-refractivity contribution in [1.29, 1.82) is 0 Å². The molecule has 0 aliphatic rings. The number of ether oxygens (including phenoxy) is 1. The van der Waals surface area contributed by atoms with Crippen molar-refractivity contribution in [2.24, 2.45) is 0 Å². The quantitative estimate of drug-likeness (QED) is 0.462. The Hall–Kier alpha value is -3.73. The highest BCUT2D eigenvalue weighted by molar-refractivity contribution is 5.99. The van der Waals surface area contributed by atoms with Gasteiger partial charge >= 0.3 is 5.97 Å². The molecule has 0 aromatic heterocycles. The van der Waals surface area contributed by atoms with Gasteiger partial charge in [0.15, 0.2) is 5.78 Å². The smallest absolute Gasteiger partial charge is 0.311 e. The van der Waals surface area contributed by atoms with Crippen molar-refractivity contribution in [3.05, 3.63) is 101 Å². The lowest BCUT2D eigenvalue weighted by molar-refractivity contribution is -0.154. The number of carbonyl (C=O) groups is 3. The van der Waals surface area contributed by atoms with Gasteiger partial charge in [0.1, 0.15) is 0 Å². The maximum Gasteiger partial charge on any atom is 0.311 e. The van der Waals surface area contributed by atoms with E-state index in [1.807, 2.05) is 37.3 Å². The van der Waals surface area contributed by atoms with Gasteiger partial charge in [-0.05, 0) is 31.5 Å². The number of ketones is 1. The van der Waals surface area contributed by atoms with Gasteiger partial charge in [-0.15, -0.1) is 0 Å². The lowest BCUT2D eigenvalue weighted by Gasteiger charge is -2.18. The van der Waals surface area contributed by atoms with Crippen LogP contribution in [-0.4, -0.2) is 17.7 Å². The van der Waals surface area contributed by atoms with Gasteiger partial charge in [0, 0.05) is 16.8 Å². The normalized spacial score (nSPS) is 11.4. The predicted octanol–water partition coefficient (Wildman–Crippen LogP) is 4.66. The highest BCUT2D eigenvalue weighted by atomic mass is 16.5. The van der Waals surface area contributed by atoms with Crippen molar-refractivity contribution in [1.82, 2.24) is 0 Å². The Morgan fingerprint density at radius 3 is 2.27 bits per heavy atom. The largest absolute Gasteiger partial charge is 0.447 e. The number of hydrogen-bond donors (Lipinski definition) is 1. The second-order valence-corrected chi connectivity index (χ2v) is 7.07. The van der Waals surface area contributed by atoms with E-state index in [2.05, 4.69) is 5.32 Å². The molecule has 1 atom stereocenters. The summed E-state index contributed by atoms with van der Waals surface area (Å²) in [5.74, 6) is -1.09. The Labute approximate surface area is 175 Å². The Kier molecular flexibility index (Phi) is 6.75. The molecule has 0 spiro atoms. The average molecular weight is 401 g/mol. The molecule has 0 radical (unpaired) electrons. The van der Waals surface area contributed by atoms with Crippen LogP contribution in [0.3, 0.4) is 0 Å². The summed E-state index contributed by atoms with van der Waals surface area (Å²) < 4.78 is 5.56. The summed E-state index contributed by atoms with van der Waals surface area (Å²) in [6.07, 6.45) is -1.04. The molecule has 3 aromatic rings. The Morgan fingerprint density at radius 2 is 1.60 bits per heavy atom. The van der Waals surface area contributed by atoms with E-state index in [9.17, 15) is 14.4 Å². The monoisotopic (exact) mass is 401 g/mol. The van der Waals surface area contributed by atoms with Crippen LogP contribution in [0.4, 0.5) is 5.69 Å². The second kappa shape index (κ2) is 9.65. The van der Waals surface area contributed by atoms with Gasteiger partial charge < -0.3 is 10.1 Å². The van der Waals surface area contributed by atoms with Crippen LogP contribution in [-0.2, 0) is 20.7 Å². The third-order valence-corrected chi connectivity index (χ3v) is 4.60. The summed E-state index contributed by atoms with van der Waals surface area (Å²) in [5.41, 5.74) is 3.42. The number of nitrogens with one attached hydrogen (secondary N) is 1. The lowest BCUT2D eigenvalue weighted by Crippen LogP contribution is -2.26. The molecule has 0 unspecified atom stereocenters.